The van der Waals surface area contributed by atoms with Gasteiger partial charge in [-0.15, -0.1) is 0 Å². The minimum absolute atomic E-state index is 0.121. The molecule has 37 heavy (non-hydrogen) atoms. The van der Waals surface area contributed by atoms with E-state index in [0.29, 0.717) is 4.57 Å². The Morgan fingerprint density at radius 2 is 1.57 bits per heavy atom. The van der Waals surface area contributed by atoms with Gasteiger partial charge in [0.25, 0.3) is 5.56 Å². The third-order valence-electron chi connectivity index (χ3n) is 4.70. The molecule has 1 aromatic heterocycles. The molecule has 1 heterocycles. The van der Waals surface area contributed by atoms with Gasteiger partial charge in [0.2, 0.25) is 12.2 Å². The number of rotatable bonds is 6. The van der Waals surface area contributed by atoms with Crippen molar-refractivity contribution in [3.8, 4) is 0 Å². The number of alkyl halides is 9. The number of anilines is 2. The van der Waals surface area contributed by atoms with Crippen LogP contribution in [0.2, 0.25) is 0 Å². The van der Waals surface area contributed by atoms with Gasteiger partial charge < -0.3 is 9.47 Å². The molecule has 0 saturated heterocycles. The van der Waals surface area contributed by atoms with E-state index in [1.165, 1.54) is 6.92 Å². The second-order valence-corrected chi connectivity index (χ2v) is 8.54. The summed E-state index contributed by atoms with van der Waals surface area (Å²) in [6.07, 6.45) is -18.4. The number of carbonyl (C=O) groups excluding carboxylic acids is 1. The van der Waals surface area contributed by atoms with E-state index in [4.69, 9.17) is 4.74 Å². The van der Waals surface area contributed by atoms with Crippen molar-refractivity contribution in [3.63, 3.8) is 0 Å². The predicted molar refractivity (Wildman–Crippen MR) is 116 cm³/mol. The van der Waals surface area contributed by atoms with E-state index in [1.807, 2.05) is 0 Å². The molecule has 0 aliphatic carbocycles. The van der Waals surface area contributed by atoms with Crippen molar-refractivity contribution in [2.75, 3.05) is 19.1 Å². The van der Waals surface area contributed by atoms with Gasteiger partial charge in [-0.05, 0) is 50.9 Å². The summed E-state index contributed by atoms with van der Waals surface area (Å²) in [4.78, 5) is 28.7. The van der Waals surface area contributed by atoms with Gasteiger partial charge in [-0.25, -0.2) is 9.78 Å². The van der Waals surface area contributed by atoms with E-state index < -0.39 is 80.2 Å². The van der Waals surface area contributed by atoms with Gasteiger partial charge in [-0.1, -0.05) is 0 Å². The molecule has 2 aromatic rings. The maximum Gasteiger partial charge on any atom is 0.434 e. The molecule has 7 nitrogen and oxygen atoms in total. The average Bonchev–Trinajstić information content (AvgIpc) is 2.76. The molecule has 0 aliphatic heterocycles. The Kier molecular flexibility index (Phi) is 9.01. The molecule has 0 spiro atoms. The van der Waals surface area contributed by atoms with Crippen molar-refractivity contribution in [3.05, 3.63) is 48.3 Å². The summed E-state index contributed by atoms with van der Waals surface area (Å²) in [6.45, 7) is 0.751. The molecule has 18 heteroatoms. The van der Waals surface area contributed by atoms with Gasteiger partial charge in [0, 0.05) is 13.7 Å². The molecule has 0 amide bonds. The van der Waals surface area contributed by atoms with Gasteiger partial charge in [-0.2, -0.15) is 39.5 Å². The Morgan fingerprint density at radius 3 is 1.97 bits per heavy atom. The van der Waals surface area contributed by atoms with Gasteiger partial charge in [-0.3, -0.25) is 14.3 Å². The van der Waals surface area contributed by atoms with Gasteiger partial charge in [0.05, 0.1) is 28.4 Å². The first-order valence-corrected chi connectivity index (χ1v) is 11.1. The molecule has 1 atom stereocenters. The van der Waals surface area contributed by atoms with Crippen LogP contribution in [0.5, 0.6) is 0 Å². The Labute approximate surface area is 218 Å². The largest absolute Gasteiger partial charge is 0.466 e. The number of methoxy groups -OCH3 is 2. The normalized spacial score (nSPS) is 13.5. The van der Waals surface area contributed by atoms with Crippen LogP contribution in [0.15, 0.2) is 25.9 Å². The smallest absolute Gasteiger partial charge is 0.434 e. The van der Waals surface area contributed by atoms with Crippen LogP contribution in [0, 0.1) is 0 Å². The van der Waals surface area contributed by atoms with Crippen molar-refractivity contribution in [1.29, 1.82) is 0 Å². The van der Waals surface area contributed by atoms with Crippen LogP contribution >= 0.6 is 31.9 Å². The molecule has 0 fully saturated rings. The zero-order chi connectivity index (χ0) is 28.7. The number of benzene rings is 1. The van der Waals surface area contributed by atoms with Gasteiger partial charge >= 0.3 is 24.5 Å². The average molecular weight is 679 g/mol. The maximum atomic E-state index is 13.7. The molecule has 0 saturated carbocycles. The molecule has 2 rings (SSSR count). The fraction of sp³-hybridized carbons (Fsp3) is 0.421. The summed E-state index contributed by atoms with van der Waals surface area (Å²) in [6, 6.07) is -0.121. The van der Waals surface area contributed by atoms with Crippen molar-refractivity contribution in [2.45, 2.75) is 38.2 Å². The van der Waals surface area contributed by atoms with Crippen molar-refractivity contribution in [1.82, 2.24) is 9.55 Å². The molecule has 0 bridgehead atoms. The van der Waals surface area contributed by atoms with E-state index in [9.17, 15) is 49.1 Å². The molecule has 0 N–H and O–H groups in total. The third-order valence-corrected chi connectivity index (χ3v) is 6.25. The predicted octanol–water partition coefficient (Wildman–Crippen LogP) is 6.13. The summed E-state index contributed by atoms with van der Waals surface area (Å²) in [7, 11) is 1.55. The minimum Gasteiger partial charge on any atom is -0.466 e. The summed E-state index contributed by atoms with van der Waals surface area (Å²) in [5.74, 6) is -2.61. The lowest BCUT2D eigenvalue weighted by Gasteiger charge is -2.33. The highest BCUT2D eigenvalue weighted by Crippen LogP contribution is 2.46. The Morgan fingerprint density at radius 1 is 1.00 bits per heavy atom. The molecular formula is C19H14Br2F9N3O4. The maximum absolute atomic E-state index is 13.7. The molecule has 0 aliphatic rings. The van der Waals surface area contributed by atoms with Gasteiger partial charge in [0.1, 0.15) is 4.47 Å². The summed E-state index contributed by atoms with van der Waals surface area (Å²) in [5.41, 5.74) is -8.17. The lowest BCUT2D eigenvalue weighted by Crippen LogP contribution is -2.44. The van der Waals surface area contributed by atoms with E-state index in [0.717, 1.165) is 14.2 Å². The molecule has 1 unspecified atom stereocenters. The van der Waals surface area contributed by atoms with Crippen LogP contribution in [0.4, 0.5) is 51.1 Å². The van der Waals surface area contributed by atoms with Crippen LogP contribution in [0.1, 0.15) is 23.7 Å². The SMILES string of the molecule is CCn1c(N(c2cc(C(F)(F)F)cc(C(F)(F)F)c2Br)C(OC)C(=O)OC)nc(C(F)(F)F)c(Br)c1=O. The number of carbonyl (C=O) groups is 1. The molecule has 0 radical (unpaired) electrons. The van der Waals surface area contributed by atoms with Crippen LogP contribution < -0.4 is 10.5 Å². The van der Waals surface area contributed by atoms with Crippen molar-refractivity contribution in [2.24, 2.45) is 0 Å². The molecule has 206 valence electrons. The van der Waals surface area contributed by atoms with Crippen LogP contribution in [-0.2, 0) is 39.3 Å². The minimum atomic E-state index is -5.40. The standard InChI is InChI=1S/C19H14Br2F9N3O4/c1-4-32-13(34)11(21)12(19(28,29)30)31-16(32)33(14(36-2)15(35)37-3)9-6-7(17(22,23)24)5-8(10(9)20)18(25,26)27/h5-6,14H,4H2,1-3H3. The van der Waals surface area contributed by atoms with E-state index >= 15 is 0 Å². The second-order valence-electron chi connectivity index (χ2n) is 6.96. The number of hydrogen-bond acceptors (Lipinski definition) is 6. The van der Waals surface area contributed by atoms with E-state index in [2.05, 4.69) is 41.6 Å². The quantitative estimate of drug-likeness (QED) is 0.208. The number of nitrogens with zero attached hydrogens (tertiary/aromatic N) is 3. The zero-order valence-electron chi connectivity index (χ0n) is 18.6. The number of hydrogen-bond donors (Lipinski definition) is 0. The Bertz CT molecular complexity index is 1240. The monoisotopic (exact) mass is 677 g/mol. The summed E-state index contributed by atoms with van der Waals surface area (Å²) >= 11 is 5.01. The lowest BCUT2D eigenvalue weighted by atomic mass is 10.1. The Balaban J connectivity index is 3.20. The van der Waals surface area contributed by atoms with E-state index in [-0.39, 0.29) is 17.0 Å². The Hall–Kier alpha value is -2.34. The topological polar surface area (TPSA) is 73.7 Å². The highest BCUT2D eigenvalue weighted by Gasteiger charge is 2.44. The van der Waals surface area contributed by atoms with Crippen LogP contribution in [0.3, 0.4) is 0 Å². The highest BCUT2D eigenvalue weighted by molar-refractivity contribution is 9.11. The summed E-state index contributed by atoms with van der Waals surface area (Å²) in [5, 5.41) is 0. The lowest BCUT2D eigenvalue weighted by molar-refractivity contribution is -0.151. The highest BCUT2D eigenvalue weighted by atomic mass is 79.9. The number of esters is 1. The van der Waals surface area contributed by atoms with Crippen molar-refractivity contribution < 1.29 is 53.8 Å². The fourth-order valence-electron chi connectivity index (χ4n) is 3.08. The number of ether oxygens (including phenoxy) is 2. The first-order chi connectivity index (χ1) is 16.8. The first-order valence-electron chi connectivity index (χ1n) is 9.56. The van der Waals surface area contributed by atoms with Crippen LogP contribution in [0.25, 0.3) is 0 Å². The third kappa shape index (κ3) is 6.22. The van der Waals surface area contributed by atoms with Crippen LogP contribution in [-0.4, -0.2) is 36.0 Å². The summed E-state index contributed by atoms with van der Waals surface area (Å²) < 4.78 is 130. The second kappa shape index (κ2) is 10.8. The molecule has 1 aromatic carbocycles. The van der Waals surface area contributed by atoms with E-state index in [1.54, 1.807) is 0 Å². The number of aromatic nitrogens is 2. The number of halogens is 11. The fourth-order valence-corrected chi connectivity index (χ4v) is 4.25. The van der Waals surface area contributed by atoms with Gasteiger partial charge in [0.15, 0.2) is 5.69 Å². The zero-order valence-corrected chi connectivity index (χ0v) is 21.7. The first kappa shape index (κ1) is 30.9. The molecular weight excluding hydrogens is 665 g/mol. The van der Waals surface area contributed by atoms with Crippen molar-refractivity contribution >= 4 is 49.5 Å².